The highest BCUT2D eigenvalue weighted by Crippen LogP contribution is 2.44. The Morgan fingerprint density at radius 2 is 0.385 bits per heavy atom. The van der Waals surface area contributed by atoms with Crippen LogP contribution < -0.4 is 9.80 Å². The molecule has 18 aromatic rings. The summed E-state index contributed by atoms with van der Waals surface area (Å²) < 4.78 is 0. The minimum absolute atomic E-state index is 1.07. The minimum Gasteiger partial charge on any atom is -0.310 e. The van der Waals surface area contributed by atoms with Gasteiger partial charge < -0.3 is 9.80 Å². The molecule has 0 aliphatic carbocycles. The fourth-order valence-corrected chi connectivity index (χ4v) is 15.1. The Balaban J connectivity index is 0.629. The van der Waals surface area contributed by atoms with Gasteiger partial charge in [-0.2, -0.15) is 0 Å². The van der Waals surface area contributed by atoms with Gasteiger partial charge in [0.2, 0.25) is 0 Å². The van der Waals surface area contributed by atoms with Gasteiger partial charge in [0.1, 0.15) is 0 Å². The molecule has 18 rings (SSSR count). The molecule has 0 N–H and O–H groups in total. The molecule has 0 spiro atoms. The first-order chi connectivity index (χ1) is 51.5. The topological polar surface area (TPSA) is 6.48 Å². The van der Waals surface area contributed by atoms with Crippen LogP contribution in [0.15, 0.2) is 425 Å². The number of benzene rings is 18. The van der Waals surface area contributed by atoms with E-state index >= 15 is 0 Å². The second-order valence-electron chi connectivity index (χ2n) is 26.8. The van der Waals surface area contributed by atoms with E-state index in [-0.39, 0.29) is 0 Å². The van der Waals surface area contributed by atoms with E-state index in [2.05, 4.69) is 434 Å². The fraction of sp³-hybridized carbons (Fsp3) is 0. The largest absolute Gasteiger partial charge is 0.310 e. The van der Waals surface area contributed by atoms with Gasteiger partial charge in [-0.3, -0.25) is 0 Å². The molecule has 0 amide bonds. The zero-order chi connectivity index (χ0) is 69.1. The van der Waals surface area contributed by atoms with Crippen molar-refractivity contribution in [1.82, 2.24) is 0 Å². The van der Waals surface area contributed by atoms with Gasteiger partial charge in [0, 0.05) is 34.1 Å². The van der Waals surface area contributed by atoms with Crippen LogP contribution >= 0.6 is 0 Å². The van der Waals surface area contributed by atoms with Crippen molar-refractivity contribution in [3.63, 3.8) is 0 Å². The lowest BCUT2D eigenvalue weighted by molar-refractivity contribution is 1.28. The molecule has 0 aliphatic heterocycles. The molecule has 0 saturated carbocycles. The van der Waals surface area contributed by atoms with Crippen LogP contribution in [0, 0.1) is 0 Å². The minimum atomic E-state index is 1.07. The average Bonchev–Trinajstić information content (AvgIpc) is 0.788. The zero-order valence-corrected chi connectivity index (χ0v) is 57.3. The van der Waals surface area contributed by atoms with E-state index in [0.717, 1.165) is 73.1 Å². The first kappa shape index (κ1) is 62.6. The summed E-state index contributed by atoms with van der Waals surface area (Å²) in [4.78, 5) is 4.79. The first-order valence-corrected chi connectivity index (χ1v) is 35.7. The molecule has 0 atom stereocenters. The van der Waals surface area contributed by atoms with Gasteiger partial charge in [-0.05, 0) is 247 Å². The lowest BCUT2D eigenvalue weighted by Crippen LogP contribution is -2.10. The molecule has 0 aromatic heterocycles. The number of rotatable bonds is 16. The van der Waals surface area contributed by atoms with Gasteiger partial charge in [0.15, 0.2) is 0 Å². The van der Waals surface area contributed by atoms with Gasteiger partial charge in [-0.15, -0.1) is 0 Å². The molecule has 0 unspecified atom stereocenters. The highest BCUT2D eigenvalue weighted by molar-refractivity contribution is 6.01. The Morgan fingerprint density at radius 1 is 0.115 bits per heavy atom. The third kappa shape index (κ3) is 12.7. The Kier molecular flexibility index (Phi) is 16.7. The number of anilines is 6. The van der Waals surface area contributed by atoms with Crippen molar-refractivity contribution in [2.45, 2.75) is 0 Å². The van der Waals surface area contributed by atoms with Crippen molar-refractivity contribution in [2.75, 3.05) is 9.80 Å². The van der Waals surface area contributed by atoms with Crippen molar-refractivity contribution in [3.8, 4) is 111 Å². The zero-order valence-electron chi connectivity index (χ0n) is 57.3. The maximum absolute atomic E-state index is 2.40. The first-order valence-electron chi connectivity index (χ1n) is 35.7. The van der Waals surface area contributed by atoms with Crippen molar-refractivity contribution in [3.05, 3.63) is 425 Å². The second-order valence-corrected chi connectivity index (χ2v) is 26.8. The third-order valence-electron chi connectivity index (χ3n) is 20.4. The second kappa shape index (κ2) is 27.8. The van der Waals surface area contributed by atoms with E-state index in [9.17, 15) is 0 Å². The van der Waals surface area contributed by atoms with E-state index in [1.54, 1.807) is 0 Å². The molecule has 2 nitrogen and oxygen atoms in total. The van der Waals surface area contributed by atoms with Gasteiger partial charge >= 0.3 is 0 Å². The van der Waals surface area contributed by atoms with E-state index in [1.807, 2.05) is 0 Å². The predicted molar refractivity (Wildman–Crippen MR) is 443 cm³/mol. The average molecular weight is 1320 g/mol. The fourth-order valence-electron chi connectivity index (χ4n) is 15.1. The maximum Gasteiger partial charge on any atom is 0.0467 e. The molecular weight excluding hydrogens is 1250 g/mol. The molecule has 488 valence electrons. The standard InChI is InChI=1S/C102H70N2/c1-3-20-71(21-4-1)80-28-11-31-83(62-80)85-33-14-39-95(67-85)103(97-41-16-35-87(69-97)89-51-50-73-24-7-8-26-79(73)64-89)93-57-52-75(53-58-93)74-46-48-76(49-47-74)82-30-13-37-91(65-82)101-45-19-38-92-66-90(56-61-102(92)101)88-36-17-42-98(70-88)104(94-59-54-78(55-60-94)100-44-18-27-77-25-9-10-43-99(77)100)96-40-15-34-86(68-96)84-32-12-29-81(63-84)72-22-5-2-6-23-72/h1-70H. The molecule has 0 fully saturated rings. The van der Waals surface area contributed by atoms with Crippen molar-refractivity contribution >= 4 is 66.4 Å². The number of nitrogens with zero attached hydrogens (tertiary/aromatic N) is 2. The van der Waals surface area contributed by atoms with Crippen LogP contribution in [0.2, 0.25) is 0 Å². The van der Waals surface area contributed by atoms with Crippen LogP contribution in [-0.4, -0.2) is 0 Å². The van der Waals surface area contributed by atoms with Gasteiger partial charge in [0.25, 0.3) is 0 Å². The van der Waals surface area contributed by atoms with E-state index in [0.29, 0.717) is 0 Å². The van der Waals surface area contributed by atoms with Crippen LogP contribution in [0.25, 0.3) is 144 Å². The molecule has 0 radical (unpaired) electrons. The highest BCUT2D eigenvalue weighted by Gasteiger charge is 2.20. The quantitative estimate of drug-likeness (QED) is 0.0951. The van der Waals surface area contributed by atoms with Gasteiger partial charge in [-0.1, -0.05) is 322 Å². The normalized spacial score (nSPS) is 11.3. The van der Waals surface area contributed by atoms with Crippen LogP contribution in [0.1, 0.15) is 0 Å². The smallest absolute Gasteiger partial charge is 0.0467 e. The number of hydrogen-bond acceptors (Lipinski definition) is 2. The van der Waals surface area contributed by atoms with Gasteiger partial charge in [-0.25, -0.2) is 0 Å². The van der Waals surface area contributed by atoms with Crippen LogP contribution in [0.4, 0.5) is 34.1 Å². The van der Waals surface area contributed by atoms with Crippen molar-refractivity contribution < 1.29 is 0 Å². The lowest BCUT2D eigenvalue weighted by Gasteiger charge is -2.27. The van der Waals surface area contributed by atoms with Crippen LogP contribution in [0.5, 0.6) is 0 Å². The molecule has 18 aromatic carbocycles. The predicted octanol–water partition coefficient (Wildman–Crippen LogP) is 28.8. The number of hydrogen-bond donors (Lipinski definition) is 0. The summed E-state index contributed by atoms with van der Waals surface area (Å²) in [5.41, 5.74) is 30.0. The molecular formula is C102H70N2. The summed E-state index contributed by atoms with van der Waals surface area (Å²) in [7, 11) is 0. The van der Waals surface area contributed by atoms with Crippen molar-refractivity contribution in [1.29, 1.82) is 0 Å². The van der Waals surface area contributed by atoms with Crippen molar-refractivity contribution in [2.24, 2.45) is 0 Å². The molecule has 0 saturated heterocycles. The summed E-state index contributed by atoms with van der Waals surface area (Å²) in [6.07, 6.45) is 0. The summed E-state index contributed by atoms with van der Waals surface area (Å²) in [5, 5.41) is 7.34. The Hall–Kier alpha value is -13.7. The Labute approximate surface area is 608 Å². The Bertz CT molecular complexity index is 6150. The molecule has 0 bridgehead atoms. The highest BCUT2D eigenvalue weighted by atomic mass is 15.1. The monoisotopic (exact) mass is 1320 g/mol. The summed E-state index contributed by atoms with van der Waals surface area (Å²) in [6.45, 7) is 0. The molecule has 0 heterocycles. The Morgan fingerprint density at radius 3 is 0.875 bits per heavy atom. The van der Waals surface area contributed by atoms with Crippen LogP contribution in [0.3, 0.4) is 0 Å². The van der Waals surface area contributed by atoms with E-state index in [4.69, 9.17) is 0 Å². The molecule has 104 heavy (non-hydrogen) atoms. The van der Waals surface area contributed by atoms with Crippen LogP contribution in [-0.2, 0) is 0 Å². The lowest BCUT2D eigenvalue weighted by atomic mass is 9.93. The summed E-state index contributed by atoms with van der Waals surface area (Å²) in [5.74, 6) is 0. The maximum atomic E-state index is 2.40. The molecule has 2 heteroatoms. The van der Waals surface area contributed by atoms with E-state index < -0.39 is 0 Å². The number of fused-ring (bicyclic) bond motifs is 3. The third-order valence-corrected chi connectivity index (χ3v) is 20.4. The SMILES string of the molecule is c1ccc(-c2cccc(-c3cccc(N(c4ccc(-c5ccc(-c6cccc(-c7cccc8cc(-c9cccc(N(c%10ccc(-c%11cccc%12ccccc%11%12)cc%10)c%10cccc(-c%11cccc(-c%12ccccc%12)c%11)c%10)c9)ccc78)c6)cc5)cc4)c4cccc(-c5ccc6ccccc6c5)c4)c3)c2)cc1. The summed E-state index contributed by atoms with van der Waals surface area (Å²) in [6, 6.07) is 155. The van der Waals surface area contributed by atoms with Gasteiger partial charge in [0.05, 0.1) is 0 Å². The van der Waals surface area contributed by atoms with E-state index in [1.165, 1.54) is 105 Å². The molecule has 0 aliphatic rings. The summed E-state index contributed by atoms with van der Waals surface area (Å²) >= 11 is 0.